The van der Waals surface area contributed by atoms with Gasteiger partial charge < -0.3 is 28.3 Å². The molecule has 0 fully saturated rings. The summed E-state index contributed by atoms with van der Waals surface area (Å²) in [5.74, 6) is 2.15. The number of carbonyl (C=O) groups excluding carboxylic acids is 1. The summed E-state index contributed by atoms with van der Waals surface area (Å²) in [6, 6.07) is 9.62. The van der Waals surface area contributed by atoms with Crippen molar-refractivity contribution in [2.45, 2.75) is 26.8 Å². The van der Waals surface area contributed by atoms with Crippen molar-refractivity contribution < 1.29 is 28.5 Å². The molecule has 0 aliphatic carbocycles. The number of hydrogen-bond acceptors (Lipinski definition) is 6. The van der Waals surface area contributed by atoms with Crippen molar-refractivity contribution in [1.82, 2.24) is 4.57 Å². The van der Waals surface area contributed by atoms with Crippen LogP contribution in [0.25, 0.3) is 22.4 Å². The van der Waals surface area contributed by atoms with Crippen LogP contribution in [0.1, 0.15) is 28.5 Å². The SMILES string of the molecule is CCOC(=O)c1c(-c2ccc(OC)c(OC)c2)c(C)n2c1-c1cc(OC)c(OC)cc1CC2. The minimum Gasteiger partial charge on any atom is -0.493 e. The predicted molar refractivity (Wildman–Crippen MR) is 126 cm³/mol. The van der Waals surface area contributed by atoms with Gasteiger partial charge in [0.25, 0.3) is 0 Å². The first-order valence-corrected chi connectivity index (χ1v) is 10.9. The lowest BCUT2D eigenvalue weighted by Crippen LogP contribution is -2.15. The van der Waals surface area contributed by atoms with Crippen molar-refractivity contribution in [3.63, 3.8) is 0 Å². The van der Waals surface area contributed by atoms with E-state index in [-0.39, 0.29) is 12.6 Å². The van der Waals surface area contributed by atoms with Gasteiger partial charge in [-0.25, -0.2) is 4.79 Å². The van der Waals surface area contributed by atoms with Crippen molar-refractivity contribution in [3.05, 3.63) is 47.2 Å². The zero-order chi connectivity index (χ0) is 23.7. The third-order valence-corrected chi connectivity index (χ3v) is 6.14. The van der Waals surface area contributed by atoms with Gasteiger partial charge in [-0.1, -0.05) is 6.07 Å². The molecule has 174 valence electrons. The van der Waals surface area contributed by atoms with E-state index in [0.29, 0.717) is 28.6 Å². The van der Waals surface area contributed by atoms with Crippen molar-refractivity contribution in [1.29, 1.82) is 0 Å². The fourth-order valence-electron chi connectivity index (χ4n) is 4.62. The molecule has 1 aliphatic rings. The van der Waals surface area contributed by atoms with E-state index in [2.05, 4.69) is 4.57 Å². The summed E-state index contributed by atoms with van der Waals surface area (Å²) >= 11 is 0. The maximum absolute atomic E-state index is 13.3. The quantitative estimate of drug-likeness (QED) is 0.476. The predicted octanol–water partition coefficient (Wildman–Crippen LogP) is 4.90. The van der Waals surface area contributed by atoms with Crippen molar-refractivity contribution in [2.75, 3.05) is 35.0 Å². The fraction of sp³-hybridized carbons (Fsp3) is 0.346. The number of hydrogen-bond donors (Lipinski definition) is 0. The van der Waals surface area contributed by atoms with Crippen LogP contribution in [0.5, 0.6) is 23.0 Å². The Morgan fingerprint density at radius 2 is 1.55 bits per heavy atom. The van der Waals surface area contributed by atoms with Gasteiger partial charge in [-0.15, -0.1) is 0 Å². The standard InChI is InChI=1S/C26H29NO6/c1-7-33-26(28)24-23(17-8-9-19(29-3)20(13-17)30-4)15(2)27-11-10-16-12-21(31-5)22(32-6)14-18(16)25(24)27/h8-9,12-14H,7,10-11H2,1-6H3. The summed E-state index contributed by atoms with van der Waals surface area (Å²) in [5.41, 5.74) is 6.08. The molecule has 7 heteroatoms. The van der Waals surface area contributed by atoms with Gasteiger partial charge in [0.2, 0.25) is 0 Å². The molecule has 0 unspecified atom stereocenters. The zero-order valence-electron chi connectivity index (χ0n) is 19.9. The number of nitrogens with zero attached hydrogens (tertiary/aromatic N) is 1. The third-order valence-electron chi connectivity index (χ3n) is 6.14. The molecule has 1 aliphatic heterocycles. The molecule has 3 aromatic rings. The number of rotatable bonds is 7. The Hall–Kier alpha value is -3.61. The van der Waals surface area contributed by atoms with Crippen LogP contribution in [-0.2, 0) is 17.7 Å². The highest BCUT2D eigenvalue weighted by Gasteiger charge is 2.32. The van der Waals surface area contributed by atoms with Crippen molar-refractivity contribution in [2.24, 2.45) is 0 Å². The van der Waals surface area contributed by atoms with Crippen LogP contribution in [0, 0.1) is 6.92 Å². The van der Waals surface area contributed by atoms with Gasteiger partial charge in [-0.05, 0) is 55.7 Å². The molecule has 2 aromatic carbocycles. The highest BCUT2D eigenvalue weighted by Crippen LogP contribution is 2.46. The van der Waals surface area contributed by atoms with Crippen LogP contribution in [0.15, 0.2) is 30.3 Å². The molecule has 1 aromatic heterocycles. The molecule has 7 nitrogen and oxygen atoms in total. The van der Waals surface area contributed by atoms with Crippen molar-refractivity contribution >= 4 is 5.97 Å². The number of fused-ring (bicyclic) bond motifs is 3. The second-order valence-electron chi connectivity index (χ2n) is 7.74. The summed E-state index contributed by atoms with van der Waals surface area (Å²) in [4.78, 5) is 13.3. The maximum atomic E-state index is 13.3. The minimum absolute atomic E-state index is 0.284. The number of esters is 1. The summed E-state index contributed by atoms with van der Waals surface area (Å²) in [6.45, 7) is 4.87. The Morgan fingerprint density at radius 3 is 2.18 bits per heavy atom. The monoisotopic (exact) mass is 451 g/mol. The molecule has 2 heterocycles. The van der Waals surface area contributed by atoms with E-state index in [9.17, 15) is 4.79 Å². The van der Waals surface area contributed by atoms with Crippen LogP contribution in [-0.4, -0.2) is 45.6 Å². The number of methoxy groups -OCH3 is 4. The summed E-state index contributed by atoms with van der Waals surface area (Å²) in [5, 5.41) is 0. The Labute approximate surface area is 193 Å². The molecular weight excluding hydrogens is 422 g/mol. The number of aryl methyl sites for hydroxylation is 1. The van der Waals surface area contributed by atoms with E-state index in [1.54, 1.807) is 28.4 Å². The normalized spacial score (nSPS) is 11.9. The maximum Gasteiger partial charge on any atom is 0.340 e. The molecule has 0 spiro atoms. The van der Waals surface area contributed by atoms with Gasteiger partial charge in [-0.2, -0.15) is 0 Å². The first-order valence-electron chi connectivity index (χ1n) is 10.9. The second kappa shape index (κ2) is 9.10. The summed E-state index contributed by atoms with van der Waals surface area (Å²) in [7, 11) is 6.43. The topological polar surface area (TPSA) is 68.2 Å². The molecule has 0 saturated heterocycles. The van der Waals surface area contributed by atoms with E-state index in [1.807, 2.05) is 44.2 Å². The van der Waals surface area contributed by atoms with E-state index in [4.69, 9.17) is 23.7 Å². The summed E-state index contributed by atoms with van der Waals surface area (Å²) in [6.07, 6.45) is 0.811. The van der Waals surface area contributed by atoms with E-state index in [1.165, 1.54) is 0 Å². The lowest BCUT2D eigenvalue weighted by atomic mass is 9.93. The van der Waals surface area contributed by atoms with Gasteiger partial charge in [0.05, 0.1) is 46.3 Å². The van der Waals surface area contributed by atoms with Gasteiger partial charge >= 0.3 is 5.97 Å². The Bertz CT molecular complexity index is 1210. The highest BCUT2D eigenvalue weighted by molar-refractivity contribution is 6.05. The lowest BCUT2D eigenvalue weighted by molar-refractivity contribution is 0.0528. The molecule has 0 atom stereocenters. The van der Waals surface area contributed by atoms with Gasteiger partial charge in [0.15, 0.2) is 23.0 Å². The molecule has 0 radical (unpaired) electrons. The minimum atomic E-state index is -0.359. The lowest BCUT2D eigenvalue weighted by Gasteiger charge is -2.23. The van der Waals surface area contributed by atoms with Crippen LogP contribution in [0.2, 0.25) is 0 Å². The van der Waals surface area contributed by atoms with Gasteiger partial charge in [0.1, 0.15) is 0 Å². The number of benzene rings is 2. The smallest absolute Gasteiger partial charge is 0.340 e. The van der Waals surface area contributed by atoms with Gasteiger partial charge in [-0.3, -0.25) is 0 Å². The Kier molecular flexibility index (Phi) is 6.22. The Morgan fingerprint density at radius 1 is 0.909 bits per heavy atom. The van der Waals surface area contributed by atoms with E-state index < -0.39 is 0 Å². The number of carbonyl (C=O) groups is 1. The molecular formula is C26H29NO6. The largest absolute Gasteiger partial charge is 0.493 e. The number of aromatic nitrogens is 1. The first-order chi connectivity index (χ1) is 16.0. The fourth-order valence-corrected chi connectivity index (χ4v) is 4.62. The molecule has 33 heavy (non-hydrogen) atoms. The van der Waals surface area contributed by atoms with E-state index in [0.717, 1.165) is 46.6 Å². The number of ether oxygens (including phenoxy) is 5. The van der Waals surface area contributed by atoms with Crippen LogP contribution in [0.3, 0.4) is 0 Å². The van der Waals surface area contributed by atoms with Crippen LogP contribution in [0.4, 0.5) is 0 Å². The zero-order valence-corrected chi connectivity index (χ0v) is 19.9. The molecule has 0 bridgehead atoms. The first kappa shape index (κ1) is 22.6. The highest BCUT2D eigenvalue weighted by atomic mass is 16.5. The van der Waals surface area contributed by atoms with Crippen LogP contribution >= 0.6 is 0 Å². The average molecular weight is 452 g/mol. The van der Waals surface area contributed by atoms with Gasteiger partial charge in [0, 0.05) is 23.4 Å². The van der Waals surface area contributed by atoms with Crippen molar-refractivity contribution in [3.8, 4) is 45.4 Å². The molecule has 0 amide bonds. The van der Waals surface area contributed by atoms with Crippen LogP contribution < -0.4 is 18.9 Å². The third kappa shape index (κ3) is 3.67. The van der Waals surface area contributed by atoms with E-state index >= 15 is 0 Å². The Balaban J connectivity index is 2.03. The molecule has 0 N–H and O–H groups in total. The molecule has 0 saturated carbocycles. The summed E-state index contributed by atoms with van der Waals surface area (Å²) < 4.78 is 29.7. The average Bonchev–Trinajstić information content (AvgIpc) is 3.15. The molecule has 4 rings (SSSR count). The second-order valence-corrected chi connectivity index (χ2v) is 7.74.